The van der Waals surface area contributed by atoms with Crippen LogP contribution in [0.4, 0.5) is 0 Å². The lowest BCUT2D eigenvalue weighted by Crippen LogP contribution is -2.37. The summed E-state index contributed by atoms with van der Waals surface area (Å²) in [5, 5.41) is 34.7. The highest BCUT2D eigenvalue weighted by Crippen LogP contribution is 2.41. The van der Waals surface area contributed by atoms with Gasteiger partial charge in [0.05, 0.1) is 11.4 Å². The van der Waals surface area contributed by atoms with Crippen LogP contribution >= 0.6 is 0 Å². The highest BCUT2D eigenvalue weighted by Gasteiger charge is 2.46. The maximum Gasteiger partial charge on any atom is 0.269 e. The number of amides is 1. The molecule has 1 unspecified atom stereocenters. The number of nitriles is 1. The van der Waals surface area contributed by atoms with Crippen molar-refractivity contribution in [3.8, 4) is 28.6 Å². The van der Waals surface area contributed by atoms with Crippen LogP contribution in [0, 0.1) is 11.3 Å². The Morgan fingerprint density at radius 1 is 1.16 bits per heavy atom. The average Bonchev–Trinajstić information content (AvgIpc) is 3.63. The number of fused-ring (bicyclic) bond motifs is 3. The van der Waals surface area contributed by atoms with Gasteiger partial charge < -0.3 is 14.6 Å². The summed E-state index contributed by atoms with van der Waals surface area (Å²) >= 11 is 0. The number of nitrogens with one attached hydrogen (secondary N) is 1. The second kappa shape index (κ2) is 9.02. The second-order valence-electron chi connectivity index (χ2n) is 9.20. The fraction of sp³-hybridized carbons (Fsp3) is 0.259. The number of imidazole rings is 1. The first kappa shape index (κ1) is 22.7. The zero-order valence-corrected chi connectivity index (χ0v) is 20.2. The summed E-state index contributed by atoms with van der Waals surface area (Å²) in [4.78, 5) is 19.2. The normalized spacial score (nSPS) is 16.6. The van der Waals surface area contributed by atoms with E-state index in [0.29, 0.717) is 25.3 Å². The zero-order valence-electron chi connectivity index (χ0n) is 20.2. The predicted molar refractivity (Wildman–Crippen MR) is 134 cm³/mol. The van der Waals surface area contributed by atoms with Gasteiger partial charge in [0.25, 0.3) is 5.91 Å². The minimum atomic E-state index is -0.662. The number of aromatic nitrogens is 6. The summed E-state index contributed by atoms with van der Waals surface area (Å²) in [7, 11) is 0. The Kier molecular flexibility index (Phi) is 5.53. The van der Waals surface area contributed by atoms with Crippen LogP contribution in [0.15, 0.2) is 59.9 Å². The van der Waals surface area contributed by atoms with E-state index in [1.807, 2.05) is 30.3 Å². The standard InChI is InChI=1S/C27H24N8O2/c1-2-5-22-29-21-12-13-34-24(25(36)20(14-28)27(34)37)23(21)35(22)15-16-8-10-17(11-9-16)18-6-3-4-7-19(18)26-30-32-33-31-26/h3-4,6-11,24,36H,2,5,12-13,15H2,1H3,(H,30,31,32,33). The molecule has 2 aliphatic rings. The molecule has 2 aliphatic heterocycles. The van der Waals surface area contributed by atoms with Crippen molar-refractivity contribution in [2.24, 2.45) is 0 Å². The number of carbonyl (C=O) groups excluding carboxylic acids is 1. The van der Waals surface area contributed by atoms with Gasteiger partial charge in [0.2, 0.25) is 5.82 Å². The van der Waals surface area contributed by atoms with E-state index in [9.17, 15) is 15.2 Å². The lowest BCUT2D eigenvalue weighted by Gasteiger charge is -2.31. The Balaban J connectivity index is 1.37. The molecule has 10 nitrogen and oxygen atoms in total. The molecular weight excluding hydrogens is 468 g/mol. The van der Waals surface area contributed by atoms with Gasteiger partial charge in [-0.25, -0.2) is 4.98 Å². The molecule has 4 heterocycles. The number of aliphatic hydroxyl groups is 1. The van der Waals surface area contributed by atoms with Crippen LogP contribution < -0.4 is 0 Å². The van der Waals surface area contributed by atoms with E-state index in [-0.39, 0.29) is 11.3 Å². The smallest absolute Gasteiger partial charge is 0.269 e. The number of benzene rings is 2. The minimum Gasteiger partial charge on any atom is -0.508 e. The third kappa shape index (κ3) is 3.67. The fourth-order valence-corrected chi connectivity index (χ4v) is 5.32. The molecule has 0 bridgehead atoms. The molecule has 0 radical (unpaired) electrons. The molecule has 184 valence electrons. The topological polar surface area (TPSA) is 137 Å². The number of carbonyl (C=O) groups is 1. The summed E-state index contributed by atoms with van der Waals surface area (Å²) in [5.41, 5.74) is 5.49. The van der Waals surface area contributed by atoms with E-state index in [1.54, 1.807) is 4.90 Å². The number of H-pyrrole nitrogens is 1. The highest BCUT2D eigenvalue weighted by molar-refractivity contribution is 6.01. The van der Waals surface area contributed by atoms with Gasteiger partial charge in [0, 0.05) is 31.5 Å². The maximum atomic E-state index is 12.7. The average molecular weight is 493 g/mol. The lowest BCUT2D eigenvalue weighted by molar-refractivity contribution is -0.127. The van der Waals surface area contributed by atoms with Crippen molar-refractivity contribution >= 4 is 5.91 Å². The largest absolute Gasteiger partial charge is 0.508 e. The predicted octanol–water partition coefficient (Wildman–Crippen LogP) is 3.51. The molecule has 2 aromatic heterocycles. The molecule has 0 saturated carbocycles. The third-order valence-electron chi connectivity index (χ3n) is 7.02. The van der Waals surface area contributed by atoms with Crippen LogP contribution in [0.3, 0.4) is 0 Å². The first-order chi connectivity index (χ1) is 18.1. The van der Waals surface area contributed by atoms with Crippen LogP contribution in [0.1, 0.15) is 42.2 Å². The van der Waals surface area contributed by atoms with Crippen molar-refractivity contribution in [2.75, 3.05) is 6.54 Å². The minimum absolute atomic E-state index is 0.174. The molecule has 2 N–H and O–H groups in total. The van der Waals surface area contributed by atoms with Crippen molar-refractivity contribution in [3.63, 3.8) is 0 Å². The van der Waals surface area contributed by atoms with Crippen LogP contribution in [-0.2, 0) is 24.2 Å². The lowest BCUT2D eigenvalue weighted by atomic mass is 9.98. The van der Waals surface area contributed by atoms with Crippen molar-refractivity contribution < 1.29 is 9.90 Å². The van der Waals surface area contributed by atoms with E-state index in [2.05, 4.69) is 56.4 Å². The van der Waals surface area contributed by atoms with E-state index in [0.717, 1.165) is 52.3 Å². The molecule has 0 saturated heterocycles. The summed E-state index contributed by atoms with van der Waals surface area (Å²) in [5.74, 6) is 0.872. The molecule has 0 fully saturated rings. The van der Waals surface area contributed by atoms with Gasteiger partial charge in [0.15, 0.2) is 5.57 Å². The molecular formula is C27H24N8O2. The summed E-state index contributed by atoms with van der Waals surface area (Å²) < 4.78 is 2.11. The van der Waals surface area contributed by atoms with E-state index in [1.165, 1.54) is 0 Å². The number of hydrogen-bond acceptors (Lipinski definition) is 7. The number of aryl methyl sites for hydroxylation is 1. The zero-order chi connectivity index (χ0) is 25.5. The molecule has 37 heavy (non-hydrogen) atoms. The molecule has 2 aromatic carbocycles. The summed E-state index contributed by atoms with van der Waals surface area (Å²) in [6, 6.07) is 17.4. The number of tetrazole rings is 1. The Morgan fingerprint density at radius 3 is 2.65 bits per heavy atom. The van der Waals surface area contributed by atoms with E-state index in [4.69, 9.17) is 4.98 Å². The molecule has 0 aliphatic carbocycles. The van der Waals surface area contributed by atoms with Crippen molar-refractivity contribution in [2.45, 2.75) is 38.8 Å². The van der Waals surface area contributed by atoms with Crippen LogP contribution in [-0.4, -0.2) is 52.6 Å². The van der Waals surface area contributed by atoms with Crippen LogP contribution in [0.5, 0.6) is 0 Å². The van der Waals surface area contributed by atoms with Crippen LogP contribution in [0.25, 0.3) is 22.5 Å². The fourth-order valence-electron chi connectivity index (χ4n) is 5.32. The van der Waals surface area contributed by atoms with Crippen molar-refractivity contribution in [3.05, 3.63) is 82.6 Å². The van der Waals surface area contributed by atoms with E-state index < -0.39 is 11.9 Å². The monoisotopic (exact) mass is 492 g/mol. The second-order valence-corrected chi connectivity index (χ2v) is 9.20. The van der Waals surface area contributed by atoms with Gasteiger partial charge in [-0.15, -0.1) is 10.2 Å². The van der Waals surface area contributed by atoms with Gasteiger partial charge in [-0.2, -0.15) is 10.5 Å². The molecule has 1 atom stereocenters. The molecule has 4 aromatic rings. The number of nitrogens with zero attached hydrogens (tertiary/aromatic N) is 7. The van der Waals surface area contributed by atoms with Crippen LogP contribution in [0.2, 0.25) is 0 Å². The first-order valence-electron chi connectivity index (χ1n) is 12.2. The number of hydrogen-bond donors (Lipinski definition) is 2. The Morgan fingerprint density at radius 2 is 1.95 bits per heavy atom. The summed E-state index contributed by atoms with van der Waals surface area (Å²) in [6.45, 7) is 3.07. The van der Waals surface area contributed by atoms with Gasteiger partial charge >= 0.3 is 0 Å². The maximum absolute atomic E-state index is 12.7. The van der Waals surface area contributed by atoms with Gasteiger partial charge in [-0.3, -0.25) is 4.79 Å². The Hall–Kier alpha value is -4.78. The first-order valence-corrected chi connectivity index (χ1v) is 12.2. The van der Waals surface area contributed by atoms with Gasteiger partial charge in [-0.05, 0) is 28.3 Å². The van der Waals surface area contributed by atoms with Gasteiger partial charge in [0.1, 0.15) is 23.7 Å². The van der Waals surface area contributed by atoms with Crippen molar-refractivity contribution in [1.29, 1.82) is 5.26 Å². The Labute approximate surface area is 212 Å². The van der Waals surface area contributed by atoms with Crippen molar-refractivity contribution in [1.82, 2.24) is 35.1 Å². The van der Waals surface area contributed by atoms with Gasteiger partial charge in [-0.1, -0.05) is 55.5 Å². The quantitative estimate of drug-likeness (QED) is 0.420. The molecule has 1 amide bonds. The van der Waals surface area contributed by atoms with E-state index >= 15 is 0 Å². The SMILES string of the molecule is CCCc1nc2c(n1Cc1ccc(-c3ccccc3-c3nn[nH]n3)cc1)C1C(O)=C(C#N)C(=O)N1CC2. The summed E-state index contributed by atoms with van der Waals surface area (Å²) in [6.07, 6.45) is 2.29. The number of rotatable bonds is 6. The number of aromatic amines is 1. The third-order valence-corrected chi connectivity index (χ3v) is 7.02. The Bertz CT molecular complexity index is 1560. The molecule has 10 heteroatoms. The molecule has 6 rings (SSSR count). The molecule has 0 spiro atoms. The highest BCUT2D eigenvalue weighted by atomic mass is 16.3. The number of aliphatic hydroxyl groups excluding tert-OH is 1.